The van der Waals surface area contributed by atoms with E-state index in [0.29, 0.717) is 5.69 Å². The third-order valence-electron chi connectivity index (χ3n) is 3.65. The highest BCUT2D eigenvalue weighted by atomic mass is 32.2. The number of anilines is 2. The van der Waals surface area contributed by atoms with Gasteiger partial charge < -0.3 is 10.6 Å². The van der Waals surface area contributed by atoms with Crippen molar-refractivity contribution in [2.45, 2.75) is 30.3 Å². The van der Waals surface area contributed by atoms with Gasteiger partial charge in [0.2, 0.25) is 15.9 Å². The Morgan fingerprint density at radius 1 is 1.42 bits per heavy atom. The maximum absolute atomic E-state index is 11.8. The van der Waals surface area contributed by atoms with Crippen molar-refractivity contribution < 1.29 is 18.1 Å². The minimum absolute atomic E-state index is 0.0324. The number of carbonyl (C=O) groups is 1. The molecule has 1 aliphatic rings. The van der Waals surface area contributed by atoms with Gasteiger partial charge in [0, 0.05) is 18.3 Å². The number of nitrogens with one attached hydrogen (secondary N) is 2. The molecule has 11 nitrogen and oxygen atoms in total. The molecule has 0 saturated heterocycles. The molecule has 1 aliphatic carbocycles. The van der Waals surface area contributed by atoms with Crippen LogP contribution in [-0.2, 0) is 21.4 Å². The second-order valence-corrected chi connectivity index (χ2v) is 7.44. The van der Waals surface area contributed by atoms with Crippen molar-refractivity contribution in [2.75, 3.05) is 5.32 Å². The quantitative estimate of drug-likeness (QED) is 0.464. The summed E-state index contributed by atoms with van der Waals surface area (Å²) in [6, 6.07) is 3.54. The largest absolute Gasteiger partial charge is 0.352 e. The van der Waals surface area contributed by atoms with Crippen molar-refractivity contribution in [2.24, 2.45) is 5.14 Å². The van der Waals surface area contributed by atoms with Gasteiger partial charge in [0.15, 0.2) is 0 Å². The van der Waals surface area contributed by atoms with E-state index in [2.05, 4.69) is 15.7 Å². The standard InChI is InChI=1S/C14H16N6O5S/c15-26(24,25)11-3-4-12(13(5-11)20(22)23)17-10-6-16-19(7-10)8-14(21)18-9-1-2-9/h3-7,9,17H,1-2,8H2,(H,18,21)(H2,15,24,25). The number of benzene rings is 1. The topological polar surface area (TPSA) is 162 Å². The number of amides is 1. The van der Waals surface area contributed by atoms with E-state index in [0.717, 1.165) is 25.0 Å². The summed E-state index contributed by atoms with van der Waals surface area (Å²) in [5, 5.41) is 25.8. The van der Waals surface area contributed by atoms with E-state index in [1.54, 1.807) is 0 Å². The van der Waals surface area contributed by atoms with Crippen molar-refractivity contribution in [1.29, 1.82) is 0 Å². The van der Waals surface area contributed by atoms with Gasteiger partial charge in [0.1, 0.15) is 12.2 Å². The summed E-state index contributed by atoms with van der Waals surface area (Å²) in [7, 11) is -4.06. The van der Waals surface area contributed by atoms with Crippen LogP contribution in [0.2, 0.25) is 0 Å². The Balaban J connectivity index is 1.76. The van der Waals surface area contributed by atoms with Gasteiger partial charge in [-0.15, -0.1) is 0 Å². The van der Waals surface area contributed by atoms with Crippen molar-refractivity contribution in [1.82, 2.24) is 15.1 Å². The first-order valence-electron chi connectivity index (χ1n) is 7.62. The molecule has 0 atom stereocenters. The van der Waals surface area contributed by atoms with E-state index in [-0.39, 0.29) is 29.1 Å². The van der Waals surface area contributed by atoms with E-state index in [9.17, 15) is 23.3 Å². The summed E-state index contributed by atoms with van der Waals surface area (Å²) in [6.07, 6.45) is 4.89. The van der Waals surface area contributed by atoms with Crippen LogP contribution in [0.5, 0.6) is 0 Å². The van der Waals surface area contributed by atoms with Gasteiger partial charge in [-0.05, 0) is 25.0 Å². The minimum Gasteiger partial charge on any atom is -0.352 e. The Bertz CT molecular complexity index is 966. The highest BCUT2D eigenvalue weighted by Gasteiger charge is 2.23. The molecule has 4 N–H and O–H groups in total. The molecule has 3 rings (SSSR count). The van der Waals surface area contributed by atoms with Gasteiger partial charge in [-0.3, -0.25) is 19.6 Å². The van der Waals surface area contributed by atoms with Crippen LogP contribution < -0.4 is 15.8 Å². The average Bonchev–Trinajstić information content (AvgIpc) is 3.24. The zero-order chi connectivity index (χ0) is 18.9. The molecule has 1 amide bonds. The number of nitro benzene ring substituents is 1. The van der Waals surface area contributed by atoms with E-state index >= 15 is 0 Å². The number of nitro groups is 1. The van der Waals surface area contributed by atoms with Crippen molar-refractivity contribution >= 4 is 33.0 Å². The highest BCUT2D eigenvalue weighted by Crippen LogP contribution is 2.29. The molecule has 1 fully saturated rings. The lowest BCUT2D eigenvalue weighted by Gasteiger charge is -2.06. The third-order valence-corrected chi connectivity index (χ3v) is 4.57. The van der Waals surface area contributed by atoms with Gasteiger partial charge in [-0.2, -0.15) is 5.10 Å². The fourth-order valence-electron chi connectivity index (χ4n) is 2.26. The maximum atomic E-state index is 11.8. The first-order valence-corrected chi connectivity index (χ1v) is 9.17. The van der Waals surface area contributed by atoms with E-state index in [1.165, 1.54) is 23.1 Å². The number of hydrogen-bond acceptors (Lipinski definition) is 7. The number of nitrogens with zero attached hydrogens (tertiary/aromatic N) is 3. The molecular formula is C14H16N6O5S. The number of aromatic nitrogens is 2. The lowest BCUT2D eigenvalue weighted by Crippen LogP contribution is -2.29. The van der Waals surface area contributed by atoms with Gasteiger partial charge in [0.25, 0.3) is 5.69 Å². The van der Waals surface area contributed by atoms with Gasteiger partial charge in [-0.25, -0.2) is 13.6 Å². The van der Waals surface area contributed by atoms with E-state index < -0.39 is 20.6 Å². The fraction of sp³-hybridized carbons (Fsp3) is 0.286. The summed E-state index contributed by atoms with van der Waals surface area (Å²) >= 11 is 0. The van der Waals surface area contributed by atoms with Crippen LogP contribution >= 0.6 is 0 Å². The molecule has 1 heterocycles. The average molecular weight is 380 g/mol. The Kier molecular flexibility index (Phi) is 4.61. The van der Waals surface area contributed by atoms with Gasteiger partial charge >= 0.3 is 0 Å². The molecule has 0 aliphatic heterocycles. The lowest BCUT2D eigenvalue weighted by molar-refractivity contribution is -0.384. The minimum atomic E-state index is -4.06. The number of primary sulfonamides is 1. The third kappa shape index (κ3) is 4.34. The van der Waals surface area contributed by atoms with Gasteiger partial charge in [-0.1, -0.05) is 0 Å². The Morgan fingerprint density at radius 3 is 2.77 bits per heavy atom. The molecule has 2 aromatic rings. The molecule has 1 saturated carbocycles. The van der Waals surface area contributed by atoms with Crippen LogP contribution in [0.1, 0.15) is 12.8 Å². The first-order chi connectivity index (χ1) is 12.2. The predicted octanol–water partition coefficient (Wildman–Crippen LogP) is 0.461. The Labute approximate surface area is 148 Å². The monoisotopic (exact) mass is 380 g/mol. The zero-order valence-corrected chi connectivity index (χ0v) is 14.3. The van der Waals surface area contributed by atoms with Gasteiger partial charge in [0.05, 0.1) is 21.7 Å². The number of nitrogens with two attached hydrogens (primary N) is 1. The highest BCUT2D eigenvalue weighted by molar-refractivity contribution is 7.89. The lowest BCUT2D eigenvalue weighted by atomic mass is 10.2. The van der Waals surface area contributed by atoms with Crippen molar-refractivity contribution in [3.05, 3.63) is 40.7 Å². The maximum Gasteiger partial charge on any atom is 0.294 e. The van der Waals surface area contributed by atoms with Crippen LogP contribution in [0.4, 0.5) is 17.1 Å². The summed E-state index contributed by atoms with van der Waals surface area (Å²) < 4.78 is 24.1. The molecule has 0 radical (unpaired) electrons. The molecule has 0 unspecified atom stereocenters. The van der Waals surface area contributed by atoms with Crippen LogP contribution in [0, 0.1) is 10.1 Å². The molecule has 12 heteroatoms. The predicted molar refractivity (Wildman–Crippen MR) is 91.1 cm³/mol. The van der Waals surface area contributed by atoms with Crippen molar-refractivity contribution in [3.63, 3.8) is 0 Å². The second-order valence-electron chi connectivity index (χ2n) is 5.87. The number of hydrogen-bond donors (Lipinski definition) is 3. The van der Waals surface area contributed by atoms with E-state index in [1.807, 2.05) is 0 Å². The summed E-state index contributed by atoms with van der Waals surface area (Å²) in [4.78, 5) is 21.9. The number of rotatable bonds is 7. The Morgan fingerprint density at radius 2 is 2.15 bits per heavy atom. The molecule has 0 bridgehead atoms. The molecule has 0 spiro atoms. The van der Waals surface area contributed by atoms with Crippen LogP contribution in [0.3, 0.4) is 0 Å². The smallest absolute Gasteiger partial charge is 0.294 e. The fourth-order valence-corrected chi connectivity index (χ4v) is 2.80. The van der Waals surface area contributed by atoms with E-state index in [4.69, 9.17) is 5.14 Å². The molecule has 1 aromatic heterocycles. The zero-order valence-electron chi connectivity index (χ0n) is 13.5. The summed E-state index contributed by atoms with van der Waals surface area (Å²) in [6.45, 7) is 0.0324. The van der Waals surface area contributed by atoms with Crippen LogP contribution in [0.25, 0.3) is 0 Å². The number of carbonyl (C=O) groups excluding carboxylic acids is 1. The van der Waals surface area contributed by atoms with Crippen LogP contribution in [0.15, 0.2) is 35.5 Å². The molecular weight excluding hydrogens is 364 g/mol. The van der Waals surface area contributed by atoms with Crippen LogP contribution in [-0.4, -0.2) is 35.1 Å². The summed E-state index contributed by atoms with van der Waals surface area (Å²) in [5.74, 6) is -0.161. The molecule has 1 aromatic carbocycles. The summed E-state index contributed by atoms with van der Waals surface area (Å²) in [5.41, 5.74) is 0.0378. The molecule has 138 valence electrons. The number of sulfonamides is 1. The SMILES string of the molecule is NS(=O)(=O)c1ccc(Nc2cnn(CC(=O)NC3CC3)c2)c([N+](=O)[O-])c1. The Hall–Kier alpha value is -2.99. The van der Waals surface area contributed by atoms with Crippen molar-refractivity contribution in [3.8, 4) is 0 Å². The normalized spacial score (nSPS) is 14.0. The first kappa shape index (κ1) is 17.8. The second kappa shape index (κ2) is 6.72. The molecule has 26 heavy (non-hydrogen) atoms.